The van der Waals surface area contributed by atoms with Crippen molar-refractivity contribution in [1.82, 2.24) is 10.2 Å². The largest absolute Gasteiger partial charge is 0.369 e. The van der Waals surface area contributed by atoms with E-state index < -0.39 is 0 Å². The number of halogens is 1. The first-order valence-electron chi connectivity index (χ1n) is 8.23. The van der Waals surface area contributed by atoms with Gasteiger partial charge in [0.25, 0.3) is 0 Å². The molecule has 1 saturated heterocycles. The molecule has 1 fully saturated rings. The van der Waals surface area contributed by atoms with Crippen LogP contribution >= 0.6 is 22.9 Å². The van der Waals surface area contributed by atoms with Crippen LogP contribution < -0.4 is 10.2 Å². The third-order valence-electron chi connectivity index (χ3n) is 4.19. The van der Waals surface area contributed by atoms with Crippen LogP contribution in [0.15, 0.2) is 41.8 Å². The quantitative estimate of drug-likeness (QED) is 0.857. The fourth-order valence-corrected chi connectivity index (χ4v) is 3.77. The monoisotopic (exact) mass is 363 g/mol. The van der Waals surface area contributed by atoms with E-state index in [1.165, 1.54) is 4.88 Å². The number of carbonyl (C=O) groups is 1. The minimum Gasteiger partial charge on any atom is -0.369 e. The van der Waals surface area contributed by atoms with E-state index in [1.807, 2.05) is 24.3 Å². The van der Waals surface area contributed by atoms with Gasteiger partial charge in [-0.15, -0.1) is 11.3 Å². The number of hydrogen-bond acceptors (Lipinski definition) is 4. The lowest BCUT2D eigenvalue weighted by molar-refractivity contribution is -0.122. The Kier molecular flexibility index (Phi) is 6.12. The molecular weight excluding hydrogens is 342 g/mol. The van der Waals surface area contributed by atoms with Crippen LogP contribution in [0.2, 0.25) is 5.02 Å². The predicted octanol–water partition coefficient (Wildman–Crippen LogP) is 2.88. The van der Waals surface area contributed by atoms with E-state index in [-0.39, 0.29) is 5.91 Å². The summed E-state index contributed by atoms with van der Waals surface area (Å²) in [5.74, 6) is 0.114. The third-order valence-corrected chi connectivity index (χ3v) is 5.36. The first-order chi connectivity index (χ1) is 11.7. The highest BCUT2D eigenvalue weighted by Crippen LogP contribution is 2.20. The van der Waals surface area contributed by atoms with Crippen molar-refractivity contribution in [2.75, 3.05) is 44.2 Å². The molecule has 1 aromatic carbocycles. The van der Waals surface area contributed by atoms with Gasteiger partial charge >= 0.3 is 0 Å². The van der Waals surface area contributed by atoms with Gasteiger partial charge in [0, 0.05) is 48.3 Å². The summed E-state index contributed by atoms with van der Waals surface area (Å²) < 4.78 is 0. The van der Waals surface area contributed by atoms with Gasteiger partial charge in [-0.3, -0.25) is 9.69 Å². The van der Waals surface area contributed by atoms with Crippen LogP contribution in [0.1, 0.15) is 4.88 Å². The molecule has 1 amide bonds. The summed E-state index contributed by atoms with van der Waals surface area (Å²) in [7, 11) is 0. The Morgan fingerprint density at radius 3 is 2.71 bits per heavy atom. The minimum absolute atomic E-state index is 0.114. The summed E-state index contributed by atoms with van der Waals surface area (Å²) in [5, 5.41) is 5.84. The van der Waals surface area contributed by atoms with E-state index in [2.05, 4.69) is 32.6 Å². The van der Waals surface area contributed by atoms with Gasteiger partial charge in [-0.05, 0) is 36.1 Å². The third kappa shape index (κ3) is 4.97. The van der Waals surface area contributed by atoms with Crippen molar-refractivity contribution in [2.24, 2.45) is 0 Å². The second-order valence-corrected chi connectivity index (χ2v) is 7.39. The van der Waals surface area contributed by atoms with E-state index in [0.717, 1.165) is 43.3 Å². The molecule has 0 bridgehead atoms. The summed E-state index contributed by atoms with van der Waals surface area (Å²) in [5.41, 5.74) is 1.16. The molecule has 1 aromatic heterocycles. The van der Waals surface area contributed by atoms with Gasteiger partial charge in [0.15, 0.2) is 0 Å². The molecule has 0 unspecified atom stereocenters. The van der Waals surface area contributed by atoms with Crippen LogP contribution in [-0.2, 0) is 11.2 Å². The maximum Gasteiger partial charge on any atom is 0.234 e. The fraction of sp³-hybridized carbons (Fsp3) is 0.389. The number of thiophene rings is 1. The van der Waals surface area contributed by atoms with E-state index in [0.29, 0.717) is 13.1 Å². The van der Waals surface area contributed by atoms with E-state index in [1.54, 1.807) is 11.3 Å². The van der Waals surface area contributed by atoms with Crippen molar-refractivity contribution in [2.45, 2.75) is 6.42 Å². The zero-order valence-corrected chi connectivity index (χ0v) is 15.2. The van der Waals surface area contributed by atoms with Crippen molar-refractivity contribution in [3.63, 3.8) is 0 Å². The number of piperazine rings is 1. The van der Waals surface area contributed by atoms with E-state index >= 15 is 0 Å². The zero-order valence-electron chi connectivity index (χ0n) is 13.6. The lowest BCUT2D eigenvalue weighted by Crippen LogP contribution is -2.49. The number of rotatable bonds is 6. The Morgan fingerprint density at radius 1 is 1.17 bits per heavy atom. The summed E-state index contributed by atoms with van der Waals surface area (Å²) >= 11 is 7.79. The molecule has 6 heteroatoms. The molecule has 4 nitrogen and oxygen atoms in total. The number of benzene rings is 1. The topological polar surface area (TPSA) is 35.6 Å². The van der Waals surface area contributed by atoms with Gasteiger partial charge in [-0.2, -0.15) is 0 Å². The smallest absolute Gasteiger partial charge is 0.234 e. The van der Waals surface area contributed by atoms with Crippen LogP contribution in [0.5, 0.6) is 0 Å². The average molecular weight is 364 g/mol. The second kappa shape index (κ2) is 8.51. The molecule has 0 aliphatic carbocycles. The van der Waals surface area contributed by atoms with Gasteiger partial charge in [-0.25, -0.2) is 0 Å². The van der Waals surface area contributed by atoms with Crippen molar-refractivity contribution in [1.29, 1.82) is 0 Å². The van der Waals surface area contributed by atoms with Gasteiger partial charge in [-0.1, -0.05) is 23.7 Å². The Bertz CT molecular complexity index is 654. The molecule has 24 heavy (non-hydrogen) atoms. The number of anilines is 1. The van der Waals surface area contributed by atoms with Crippen LogP contribution in [-0.4, -0.2) is 50.1 Å². The summed E-state index contributed by atoms with van der Waals surface area (Å²) in [4.78, 5) is 17.9. The molecule has 0 spiro atoms. The molecule has 0 saturated carbocycles. The Labute approximate surface area is 152 Å². The standard InChI is InChI=1S/C18H22ClN3OS/c19-15-3-1-4-16(13-15)22-10-8-21(9-11-22)14-18(23)20-7-6-17-5-2-12-24-17/h1-5,12-13H,6-11,14H2,(H,20,23). The van der Waals surface area contributed by atoms with E-state index in [4.69, 9.17) is 11.6 Å². The Hall–Kier alpha value is -1.56. The SMILES string of the molecule is O=C(CN1CCN(c2cccc(Cl)c2)CC1)NCCc1cccs1. The first kappa shape index (κ1) is 17.3. The van der Waals surface area contributed by atoms with Crippen LogP contribution in [0.3, 0.4) is 0 Å². The lowest BCUT2D eigenvalue weighted by atomic mass is 10.2. The summed E-state index contributed by atoms with van der Waals surface area (Å²) in [6, 6.07) is 12.1. The zero-order chi connectivity index (χ0) is 16.8. The Balaban J connectivity index is 1.38. The number of amides is 1. The molecule has 128 valence electrons. The normalized spacial score (nSPS) is 15.5. The lowest BCUT2D eigenvalue weighted by Gasteiger charge is -2.35. The van der Waals surface area contributed by atoms with Crippen molar-refractivity contribution in [3.05, 3.63) is 51.7 Å². The Morgan fingerprint density at radius 2 is 2.00 bits per heavy atom. The number of nitrogens with one attached hydrogen (secondary N) is 1. The second-order valence-electron chi connectivity index (χ2n) is 5.92. The van der Waals surface area contributed by atoms with Crippen LogP contribution in [0, 0.1) is 0 Å². The highest BCUT2D eigenvalue weighted by atomic mass is 35.5. The van der Waals surface area contributed by atoms with Crippen LogP contribution in [0.25, 0.3) is 0 Å². The fourth-order valence-electron chi connectivity index (χ4n) is 2.88. The molecule has 1 aliphatic rings. The first-order valence-corrected chi connectivity index (χ1v) is 9.48. The van der Waals surface area contributed by atoms with Gasteiger partial charge in [0.05, 0.1) is 6.54 Å². The highest BCUT2D eigenvalue weighted by Gasteiger charge is 2.19. The van der Waals surface area contributed by atoms with Crippen molar-refractivity contribution < 1.29 is 4.79 Å². The minimum atomic E-state index is 0.114. The molecule has 3 rings (SSSR count). The summed E-state index contributed by atoms with van der Waals surface area (Å²) in [6.07, 6.45) is 0.909. The molecular formula is C18H22ClN3OS. The average Bonchev–Trinajstić information content (AvgIpc) is 3.09. The maximum absolute atomic E-state index is 12.1. The molecule has 1 aliphatic heterocycles. The van der Waals surface area contributed by atoms with E-state index in [9.17, 15) is 4.79 Å². The number of hydrogen-bond donors (Lipinski definition) is 1. The molecule has 0 radical (unpaired) electrons. The van der Waals surface area contributed by atoms with Gasteiger partial charge in [0.2, 0.25) is 5.91 Å². The maximum atomic E-state index is 12.1. The van der Waals surface area contributed by atoms with Gasteiger partial charge in [0.1, 0.15) is 0 Å². The van der Waals surface area contributed by atoms with Crippen molar-refractivity contribution >= 4 is 34.5 Å². The summed E-state index contributed by atoms with van der Waals surface area (Å²) in [6.45, 7) is 4.82. The number of carbonyl (C=O) groups excluding carboxylic acids is 1. The number of nitrogens with zero attached hydrogens (tertiary/aromatic N) is 2. The highest BCUT2D eigenvalue weighted by molar-refractivity contribution is 7.09. The van der Waals surface area contributed by atoms with Gasteiger partial charge < -0.3 is 10.2 Å². The molecule has 2 heterocycles. The van der Waals surface area contributed by atoms with Crippen LogP contribution in [0.4, 0.5) is 5.69 Å². The molecule has 0 atom stereocenters. The predicted molar refractivity (Wildman–Crippen MR) is 101 cm³/mol. The molecule has 1 N–H and O–H groups in total. The molecule has 2 aromatic rings. The van der Waals surface area contributed by atoms with Crippen molar-refractivity contribution in [3.8, 4) is 0 Å².